The van der Waals surface area contributed by atoms with Crippen LogP contribution >= 0.6 is 0 Å². The van der Waals surface area contributed by atoms with E-state index < -0.39 is 4.92 Å². The van der Waals surface area contributed by atoms with E-state index in [1.807, 2.05) is 0 Å². The van der Waals surface area contributed by atoms with Crippen LogP contribution in [0.15, 0.2) is 28.7 Å². The fourth-order valence-corrected chi connectivity index (χ4v) is 1.30. The lowest BCUT2D eigenvalue weighted by molar-refractivity contribution is -0.384. The van der Waals surface area contributed by atoms with E-state index in [2.05, 4.69) is 4.98 Å². The van der Waals surface area contributed by atoms with Crippen molar-refractivity contribution in [3.8, 4) is 11.3 Å². The summed E-state index contributed by atoms with van der Waals surface area (Å²) in [5.74, 6) is 0.0892. The van der Waals surface area contributed by atoms with Crippen molar-refractivity contribution in [2.24, 2.45) is 0 Å². The standard InChI is InChI=1S/C9H8N4O3/c10-8-7(12-9(11)16-8)5-1-3-6(4-2-5)13(14)15/h1-4H,10H2,(H2,11,12). The van der Waals surface area contributed by atoms with Crippen LogP contribution in [0.25, 0.3) is 11.3 Å². The second-order valence-electron chi connectivity index (χ2n) is 3.07. The summed E-state index contributed by atoms with van der Waals surface area (Å²) < 4.78 is 4.86. The monoisotopic (exact) mass is 220 g/mol. The number of non-ortho nitro benzene ring substituents is 1. The molecule has 7 nitrogen and oxygen atoms in total. The van der Waals surface area contributed by atoms with Crippen molar-refractivity contribution in [3.05, 3.63) is 34.4 Å². The van der Waals surface area contributed by atoms with Gasteiger partial charge in [0.15, 0.2) is 0 Å². The number of benzene rings is 1. The van der Waals surface area contributed by atoms with Gasteiger partial charge in [0.25, 0.3) is 11.7 Å². The zero-order chi connectivity index (χ0) is 11.7. The van der Waals surface area contributed by atoms with Crippen LogP contribution in [0, 0.1) is 10.1 Å². The van der Waals surface area contributed by atoms with Gasteiger partial charge in [-0.05, 0) is 12.1 Å². The molecule has 0 radical (unpaired) electrons. The molecule has 0 saturated carbocycles. The molecule has 0 aliphatic rings. The summed E-state index contributed by atoms with van der Waals surface area (Å²) in [7, 11) is 0. The number of hydrogen-bond acceptors (Lipinski definition) is 6. The molecular weight excluding hydrogens is 212 g/mol. The van der Waals surface area contributed by atoms with Crippen LogP contribution < -0.4 is 11.5 Å². The smallest absolute Gasteiger partial charge is 0.294 e. The number of rotatable bonds is 2. The highest BCUT2D eigenvalue weighted by molar-refractivity contribution is 5.70. The largest absolute Gasteiger partial charge is 0.407 e. The molecule has 0 bridgehead atoms. The Morgan fingerprint density at radius 2 is 1.88 bits per heavy atom. The topological polar surface area (TPSA) is 121 Å². The molecule has 1 aromatic heterocycles. The van der Waals surface area contributed by atoms with Gasteiger partial charge in [0, 0.05) is 17.7 Å². The first-order valence-corrected chi connectivity index (χ1v) is 4.34. The molecule has 7 heteroatoms. The number of nitrogen functional groups attached to an aromatic ring is 2. The Morgan fingerprint density at radius 1 is 1.25 bits per heavy atom. The molecular formula is C9H8N4O3. The maximum Gasteiger partial charge on any atom is 0.294 e. The number of nitro groups is 1. The minimum atomic E-state index is -0.482. The predicted octanol–water partition coefficient (Wildman–Crippen LogP) is 1.41. The van der Waals surface area contributed by atoms with Gasteiger partial charge in [0.1, 0.15) is 5.69 Å². The predicted molar refractivity (Wildman–Crippen MR) is 57.4 cm³/mol. The fraction of sp³-hybridized carbons (Fsp3) is 0. The fourth-order valence-electron chi connectivity index (χ4n) is 1.30. The van der Waals surface area contributed by atoms with E-state index in [0.717, 1.165) is 0 Å². The number of oxazole rings is 1. The average Bonchev–Trinajstić information content (AvgIpc) is 2.58. The summed E-state index contributed by atoms with van der Waals surface area (Å²) in [5.41, 5.74) is 11.9. The molecule has 0 spiro atoms. The first-order valence-electron chi connectivity index (χ1n) is 4.34. The summed E-state index contributed by atoms with van der Waals surface area (Å²) in [4.78, 5) is 13.8. The van der Waals surface area contributed by atoms with E-state index in [0.29, 0.717) is 11.3 Å². The number of anilines is 2. The first kappa shape index (κ1) is 9.97. The lowest BCUT2D eigenvalue weighted by Crippen LogP contribution is -1.89. The number of aromatic nitrogens is 1. The van der Waals surface area contributed by atoms with Crippen LogP contribution in [0.5, 0.6) is 0 Å². The number of hydrogen-bond donors (Lipinski definition) is 2. The van der Waals surface area contributed by atoms with E-state index in [-0.39, 0.29) is 17.6 Å². The van der Waals surface area contributed by atoms with Crippen LogP contribution in [-0.4, -0.2) is 9.91 Å². The molecule has 0 fully saturated rings. The molecule has 4 N–H and O–H groups in total. The van der Waals surface area contributed by atoms with Crippen molar-refractivity contribution >= 4 is 17.6 Å². The Bertz CT molecular complexity index is 532. The minimum absolute atomic E-state index is 0.00112. The number of nitrogens with zero attached hydrogens (tertiary/aromatic N) is 2. The molecule has 82 valence electrons. The second-order valence-corrected chi connectivity index (χ2v) is 3.07. The van der Waals surface area contributed by atoms with Crippen molar-refractivity contribution in [2.75, 3.05) is 11.5 Å². The van der Waals surface area contributed by atoms with Gasteiger partial charge >= 0.3 is 0 Å². The lowest BCUT2D eigenvalue weighted by atomic mass is 10.1. The third-order valence-electron chi connectivity index (χ3n) is 2.02. The van der Waals surface area contributed by atoms with Gasteiger partial charge < -0.3 is 15.9 Å². The molecule has 0 aliphatic heterocycles. The Morgan fingerprint density at radius 3 is 2.31 bits per heavy atom. The molecule has 2 aromatic rings. The third-order valence-corrected chi connectivity index (χ3v) is 2.02. The molecule has 0 saturated heterocycles. The highest BCUT2D eigenvalue weighted by atomic mass is 16.6. The molecule has 1 aromatic carbocycles. The first-order chi connectivity index (χ1) is 7.58. The van der Waals surface area contributed by atoms with E-state index in [1.165, 1.54) is 24.3 Å². The Labute approximate surface area is 89.8 Å². The van der Waals surface area contributed by atoms with Crippen molar-refractivity contribution in [3.63, 3.8) is 0 Å². The summed E-state index contributed by atoms with van der Waals surface area (Å²) in [6, 6.07) is 5.75. The van der Waals surface area contributed by atoms with Crippen molar-refractivity contribution in [1.29, 1.82) is 0 Å². The van der Waals surface area contributed by atoms with Crippen LogP contribution in [0.1, 0.15) is 0 Å². The van der Waals surface area contributed by atoms with E-state index in [4.69, 9.17) is 15.9 Å². The summed E-state index contributed by atoms with van der Waals surface area (Å²) in [6.45, 7) is 0. The Balaban J connectivity index is 2.42. The maximum atomic E-state index is 10.4. The van der Waals surface area contributed by atoms with Crippen LogP contribution in [0.4, 0.5) is 17.6 Å². The highest BCUT2D eigenvalue weighted by Crippen LogP contribution is 2.28. The van der Waals surface area contributed by atoms with Gasteiger partial charge in [-0.2, -0.15) is 4.98 Å². The van der Waals surface area contributed by atoms with Crippen molar-refractivity contribution < 1.29 is 9.34 Å². The van der Waals surface area contributed by atoms with Crippen molar-refractivity contribution in [1.82, 2.24) is 4.98 Å². The summed E-state index contributed by atoms with van der Waals surface area (Å²) in [5, 5.41) is 10.4. The van der Waals surface area contributed by atoms with E-state index >= 15 is 0 Å². The molecule has 0 aliphatic carbocycles. The summed E-state index contributed by atoms with van der Waals surface area (Å²) in [6.07, 6.45) is 0. The Kier molecular flexibility index (Phi) is 2.20. The molecule has 0 amide bonds. The van der Waals surface area contributed by atoms with Gasteiger partial charge in [-0.1, -0.05) is 0 Å². The van der Waals surface area contributed by atoms with Gasteiger partial charge in [0.05, 0.1) is 4.92 Å². The zero-order valence-electron chi connectivity index (χ0n) is 8.08. The van der Waals surface area contributed by atoms with Crippen LogP contribution in [-0.2, 0) is 0 Å². The minimum Gasteiger partial charge on any atom is -0.407 e. The highest BCUT2D eigenvalue weighted by Gasteiger charge is 2.12. The molecule has 16 heavy (non-hydrogen) atoms. The van der Waals surface area contributed by atoms with Crippen LogP contribution in [0.2, 0.25) is 0 Å². The lowest BCUT2D eigenvalue weighted by Gasteiger charge is -1.96. The quantitative estimate of drug-likeness (QED) is 0.582. The molecule has 0 unspecified atom stereocenters. The zero-order valence-corrected chi connectivity index (χ0v) is 8.08. The second kappa shape index (κ2) is 3.54. The van der Waals surface area contributed by atoms with Crippen LogP contribution in [0.3, 0.4) is 0 Å². The Hall–Kier alpha value is -2.57. The van der Waals surface area contributed by atoms with Gasteiger partial charge in [-0.25, -0.2) is 0 Å². The van der Waals surface area contributed by atoms with Gasteiger partial charge in [0.2, 0.25) is 5.88 Å². The van der Waals surface area contributed by atoms with Crippen molar-refractivity contribution in [2.45, 2.75) is 0 Å². The van der Waals surface area contributed by atoms with Gasteiger partial charge in [-0.3, -0.25) is 10.1 Å². The van der Waals surface area contributed by atoms with Gasteiger partial charge in [-0.15, -0.1) is 0 Å². The SMILES string of the molecule is Nc1nc(-c2ccc([N+](=O)[O-])cc2)c(N)o1. The number of nitro benzene ring substituents is 1. The summed E-state index contributed by atoms with van der Waals surface area (Å²) >= 11 is 0. The maximum absolute atomic E-state index is 10.4. The van der Waals surface area contributed by atoms with E-state index in [1.54, 1.807) is 0 Å². The molecule has 0 atom stereocenters. The average molecular weight is 220 g/mol. The normalized spacial score (nSPS) is 10.2. The van der Waals surface area contributed by atoms with E-state index in [9.17, 15) is 10.1 Å². The third kappa shape index (κ3) is 1.65. The molecule has 2 rings (SSSR count). The molecule has 1 heterocycles. The number of nitrogens with two attached hydrogens (primary N) is 2.